The predicted octanol–water partition coefficient (Wildman–Crippen LogP) is 5.69. The fourth-order valence-electron chi connectivity index (χ4n) is 5.03. The van der Waals surface area contributed by atoms with E-state index >= 15 is 0 Å². The molecule has 1 aliphatic rings. The number of nitrogens with zero attached hydrogens (tertiary/aromatic N) is 2. The number of hydrogen-bond acceptors (Lipinski definition) is 2. The zero-order valence-corrected chi connectivity index (χ0v) is 19.6. The zero-order chi connectivity index (χ0) is 22.9. The predicted molar refractivity (Wildman–Crippen MR) is 134 cm³/mol. The van der Waals surface area contributed by atoms with Gasteiger partial charge in [-0.15, -0.1) is 0 Å². The van der Waals surface area contributed by atoms with Gasteiger partial charge in [-0.05, 0) is 61.1 Å². The Morgan fingerprint density at radius 1 is 1.12 bits per heavy atom. The van der Waals surface area contributed by atoms with Crippen LogP contribution in [0, 0.1) is 12.8 Å². The van der Waals surface area contributed by atoms with E-state index in [9.17, 15) is 4.79 Å². The first-order valence-electron chi connectivity index (χ1n) is 11.9. The van der Waals surface area contributed by atoms with E-state index in [0.29, 0.717) is 0 Å². The summed E-state index contributed by atoms with van der Waals surface area (Å²) < 4.78 is 2.49. The molecule has 0 bridgehead atoms. The number of carbonyl (C=O) groups excluding carboxylic acids is 1. The van der Waals surface area contributed by atoms with Gasteiger partial charge in [0.05, 0.1) is 0 Å². The van der Waals surface area contributed by atoms with Crippen LogP contribution in [0.2, 0.25) is 0 Å². The molecular weight excluding hydrogens is 406 g/mol. The van der Waals surface area contributed by atoms with Crippen LogP contribution in [0.4, 0.5) is 0 Å². The second kappa shape index (κ2) is 8.86. The van der Waals surface area contributed by atoms with Gasteiger partial charge in [-0.3, -0.25) is 9.78 Å². The Labute approximate surface area is 195 Å². The average Bonchev–Trinajstić information content (AvgIpc) is 3.12. The minimum atomic E-state index is 0.00578. The van der Waals surface area contributed by atoms with Gasteiger partial charge in [0, 0.05) is 53.1 Å². The molecule has 4 heteroatoms. The molecule has 5 rings (SSSR count). The van der Waals surface area contributed by atoms with E-state index in [-0.39, 0.29) is 17.9 Å². The minimum Gasteiger partial charge on any atom is -0.353 e. The van der Waals surface area contributed by atoms with Gasteiger partial charge >= 0.3 is 0 Å². The summed E-state index contributed by atoms with van der Waals surface area (Å²) in [4.78, 5) is 16.7. The molecule has 0 saturated carbocycles. The molecule has 1 amide bonds. The third-order valence-electron chi connectivity index (χ3n) is 6.76. The van der Waals surface area contributed by atoms with Gasteiger partial charge in [-0.1, -0.05) is 55.8 Å². The molecule has 33 heavy (non-hydrogen) atoms. The molecule has 0 unspecified atom stereocenters. The second-order valence-corrected chi connectivity index (χ2v) is 9.58. The topological polar surface area (TPSA) is 46.9 Å². The quantitative estimate of drug-likeness (QED) is 0.436. The van der Waals surface area contributed by atoms with Crippen molar-refractivity contribution in [1.29, 1.82) is 0 Å². The number of benzene rings is 2. The molecule has 4 aromatic rings. The summed E-state index contributed by atoms with van der Waals surface area (Å²) in [7, 11) is 0. The first kappa shape index (κ1) is 21.4. The smallest absolute Gasteiger partial charge is 0.222 e. The van der Waals surface area contributed by atoms with Crippen LogP contribution in [0.25, 0.3) is 22.0 Å². The fraction of sp³-hybridized carbons (Fsp3) is 0.310. The number of aryl methyl sites for hydroxylation is 1. The second-order valence-electron chi connectivity index (χ2n) is 9.58. The van der Waals surface area contributed by atoms with Crippen molar-refractivity contribution in [2.45, 2.75) is 52.6 Å². The van der Waals surface area contributed by atoms with E-state index in [1.807, 2.05) is 32.3 Å². The summed E-state index contributed by atoms with van der Waals surface area (Å²) in [5.41, 5.74) is 8.97. The first-order chi connectivity index (χ1) is 16.0. The maximum absolute atomic E-state index is 12.4. The van der Waals surface area contributed by atoms with Crippen molar-refractivity contribution in [2.24, 2.45) is 5.92 Å². The van der Waals surface area contributed by atoms with E-state index < -0.39 is 0 Å². The molecule has 1 aliphatic carbocycles. The summed E-state index contributed by atoms with van der Waals surface area (Å²) in [5.74, 6) is 0.147. The van der Waals surface area contributed by atoms with Crippen LogP contribution < -0.4 is 5.32 Å². The molecule has 2 aromatic carbocycles. The number of nitrogens with one attached hydrogen (secondary N) is 1. The van der Waals surface area contributed by atoms with E-state index in [2.05, 4.69) is 70.3 Å². The monoisotopic (exact) mass is 437 g/mol. The fourth-order valence-corrected chi connectivity index (χ4v) is 5.03. The van der Waals surface area contributed by atoms with Crippen LogP contribution in [0.3, 0.4) is 0 Å². The van der Waals surface area contributed by atoms with Gasteiger partial charge in [-0.25, -0.2) is 0 Å². The van der Waals surface area contributed by atoms with Crippen molar-refractivity contribution in [3.8, 4) is 11.1 Å². The van der Waals surface area contributed by atoms with Crippen molar-refractivity contribution >= 4 is 16.8 Å². The van der Waals surface area contributed by atoms with Crippen LogP contribution in [-0.4, -0.2) is 21.5 Å². The van der Waals surface area contributed by atoms with Crippen molar-refractivity contribution in [2.75, 3.05) is 0 Å². The molecule has 1 N–H and O–H groups in total. The van der Waals surface area contributed by atoms with Crippen LogP contribution in [-0.2, 0) is 24.2 Å². The number of aromatic nitrogens is 2. The highest BCUT2D eigenvalue weighted by Crippen LogP contribution is 2.35. The van der Waals surface area contributed by atoms with Crippen molar-refractivity contribution in [3.63, 3.8) is 0 Å². The SMILES string of the molecule is Cc1cccc(Cn2c3c(c4cc(-c5cccnc5)ccc42)C[C@H](NC(=O)C(C)C)CC3)c1. The lowest BCUT2D eigenvalue weighted by Gasteiger charge is -2.26. The Hall–Kier alpha value is -3.40. The van der Waals surface area contributed by atoms with Gasteiger partial charge < -0.3 is 9.88 Å². The molecule has 168 valence electrons. The third-order valence-corrected chi connectivity index (χ3v) is 6.76. The summed E-state index contributed by atoms with van der Waals surface area (Å²) >= 11 is 0. The molecule has 2 heterocycles. The highest BCUT2D eigenvalue weighted by atomic mass is 16.1. The average molecular weight is 438 g/mol. The van der Waals surface area contributed by atoms with E-state index in [1.54, 1.807) is 0 Å². The first-order valence-corrected chi connectivity index (χ1v) is 11.9. The Morgan fingerprint density at radius 3 is 2.76 bits per heavy atom. The summed E-state index contributed by atoms with van der Waals surface area (Å²) in [6, 6.07) is 19.8. The lowest BCUT2D eigenvalue weighted by molar-refractivity contribution is -0.124. The summed E-state index contributed by atoms with van der Waals surface area (Å²) in [6.07, 6.45) is 6.56. The number of carbonyl (C=O) groups is 1. The molecular formula is C29H31N3O. The van der Waals surface area contributed by atoms with Gasteiger partial charge in [0.15, 0.2) is 0 Å². The third kappa shape index (κ3) is 4.30. The summed E-state index contributed by atoms with van der Waals surface area (Å²) in [6.45, 7) is 6.92. The molecule has 1 atom stereocenters. The van der Waals surface area contributed by atoms with Gasteiger partial charge in [-0.2, -0.15) is 0 Å². The lowest BCUT2D eigenvalue weighted by Crippen LogP contribution is -2.41. The van der Waals surface area contributed by atoms with Crippen LogP contribution in [0.15, 0.2) is 67.0 Å². The molecule has 0 spiro atoms. The minimum absolute atomic E-state index is 0.00578. The van der Waals surface area contributed by atoms with Crippen molar-refractivity contribution < 1.29 is 4.79 Å². The standard InChI is InChI=1S/C29H31N3O/c1-19(2)29(33)31-24-10-12-28-26(16-24)25-15-22(23-8-5-13-30-17-23)9-11-27(25)32(28)18-21-7-4-6-20(3)14-21/h4-9,11,13-15,17,19,24H,10,12,16,18H2,1-3H3,(H,31,33)/t24-/m1/s1. The Kier molecular flexibility index (Phi) is 5.76. The zero-order valence-electron chi connectivity index (χ0n) is 19.6. The van der Waals surface area contributed by atoms with Crippen LogP contribution in [0.1, 0.15) is 42.7 Å². The largest absolute Gasteiger partial charge is 0.353 e. The molecule has 0 saturated heterocycles. The van der Waals surface area contributed by atoms with Crippen LogP contribution >= 0.6 is 0 Å². The maximum atomic E-state index is 12.4. The maximum Gasteiger partial charge on any atom is 0.222 e. The van der Waals surface area contributed by atoms with Gasteiger partial charge in [0.25, 0.3) is 0 Å². The molecule has 4 nitrogen and oxygen atoms in total. The van der Waals surface area contributed by atoms with Gasteiger partial charge in [0.2, 0.25) is 5.91 Å². The molecule has 0 aliphatic heterocycles. The Bertz CT molecular complexity index is 1300. The number of hydrogen-bond donors (Lipinski definition) is 1. The summed E-state index contributed by atoms with van der Waals surface area (Å²) in [5, 5.41) is 4.57. The Morgan fingerprint density at radius 2 is 2.00 bits per heavy atom. The van der Waals surface area contributed by atoms with Crippen molar-refractivity contribution in [1.82, 2.24) is 14.9 Å². The number of rotatable bonds is 5. The normalized spacial score (nSPS) is 15.6. The molecule has 0 radical (unpaired) electrons. The van der Waals surface area contributed by atoms with Gasteiger partial charge in [0.1, 0.15) is 0 Å². The van der Waals surface area contributed by atoms with Crippen LogP contribution in [0.5, 0.6) is 0 Å². The van der Waals surface area contributed by atoms with E-state index in [1.165, 1.54) is 38.9 Å². The van der Waals surface area contributed by atoms with E-state index in [0.717, 1.165) is 31.4 Å². The lowest BCUT2D eigenvalue weighted by atomic mass is 9.90. The Balaban J connectivity index is 1.59. The molecule has 0 fully saturated rings. The van der Waals surface area contributed by atoms with E-state index in [4.69, 9.17) is 0 Å². The number of fused-ring (bicyclic) bond motifs is 3. The highest BCUT2D eigenvalue weighted by molar-refractivity contribution is 5.90. The number of pyridine rings is 1. The number of amides is 1. The van der Waals surface area contributed by atoms with Crippen molar-refractivity contribution in [3.05, 3.63) is 89.4 Å². The highest BCUT2D eigenvalue weighted by Gasteiger charge is 2.27. The molecule has 2 aromatic heterocycles.